The molecule has 29 heavy (non-hydrogen) atoms. The van der Waals surface area contributed by atoms with E-state index in [9.17, 15) is 0 Å². The first-order valence-electron chi connectivity index (χ1n) is 11.4. The predicted octanol–water partition coefficient (Wildman–Crippen LogP) is 6.68. The van der Waals surface area contributed by atoms with Crippen LogP contribution < -0.4 is 0 Å². The van der Waals surface area contributed by atoms with E-state index in [-0.39, 0.29) is 35.0 Å². The molecule has 5 aromatic rings. The minimum Gasteiger partial charge on any atom is -0.208 e. The van der Waals surface area contributed by atoms with Crippen molar-refractivity contribution >= 4 is 22.4 Å². The summed E-state index contributed by atoms with van der Waals surface area (Å²) in [7, 11) is 0. The van der Waals surface area contributed by atoms with Crippen molar-refractivity contribution in [1.82, 2.24) is 15.0 Å². The highest BCUT2D eigenvalue weighted by Crippen LogP contribution is 2.27. The molecule has 0 saturated heterocycles. The monoisotopic (exact) mass is 398 g/mol. The molecule has 1 heterocycles. The van der Waals surface area contributed by atoms with E-state index >= 15 is 0 Å². The number of halogens is 1. The van der Waals surface area contributed by atoms with Crippen LogP contribution in [-0.2, 0) is 0 Å². The van der Waals surface area contributed by atoms with Gasteiger partial charge in [0.25, 0.3) is 0 Å². The zero-order valence-corrected chi connectivity index (χ0v) is 15.8. The van der Waals surface area contributed by atoms with Crippen LogP contribution in [0.5, 0.6) is 0 Å². The highest BCUT2D eigenvalue weighted by Gasteiger charge is 2.11. The van der Waals surface area contributed by atoms with Gasteiger partial charge in [-0.15, -0.1) is 0 Å². The lowest BCUT2D eigenvalue weighted by atomic mass is 10.0. The maximum atomic E-state index is 8.26. The summed E-state index contributed by atoms with van der Waals surface area (Å²) in [6.45, 7) is 0. The van der Waals surface area contributed by atoms with Gasteiger partial charge in [0, 0.05) is 11.1 Å². The Labute approximate surface area is 180 Å². The van der Waals surface area contributed by atoms with Crippen LogP contribution in [0.3, 0.4) is 0 Å². The lowest BCUT2D eigenvalue weighted by molar-refractivity contribution is 1.07. The molecule has 0 N–H and O–H groups in total. The van der Waals surface area contributed by atoms with Gasteiger partial charge in [-0.25, -0.2) is 4.98 Å². The van der Waals surface area contributed by atoms with Gasteiger partial charge in [0.15, 0.2) is 11.6 Å². The number of hydrogen-bond acceptors (Lipinski definition) is 3. The summed E-state index contributed by atoms with van der Waals surface area (Å²) in [4.78, 5) is 13.2. The van der Waals surface area contributed by atoms with Gasteiger partial charge >= 0.3 is 0 Å². The summed E-state index contributed by atoms with van der Waals surface area (Å²) in [5, 5.41) is 2.17. The quantitative estimate of drug-likeness (QED) is 0.340. The van der Waals surface area contributed by atoms with E-state index in [4.69, 9.17) is 18.5 Å². The van der Waals surface area contributed by atoms with Crippen molar-refractivity contribution in [3.8, 4) is 33.9 Å². The first kappa shape index (κ1) is 12.8. The average Bonchev–Trinajstić information content (AvgIpc) is 2.86. The van der Waals surface area contributed by atoms with Crippen LogP contribution in [0.25, 0.3) is 44.7 Å². The Morgan fingerprint density at radius 1 is 0.586 bits per heavy atom. The second-order valence-corrected chi connectivity index (χ2v) is 6.73. The Kier molecular flexibility index (Phi) is 3.29. The Bertz CT molecular complexity index is 1560. The van der Waals surface area contributed by atoms with Crippen molar-refractivity contribution in [1.29, 1.82) is 0 Å². The zero-order chi connectivity index (χ0) is 24.0. The summed E-state index contributed by atoms with van der Waals surface area (Å²) in [5.41, 5.74) is 1.93. The lowest BCUT2D eigenvalue weighted by Crippen LogP contribution is -1.97. The van der Waals surface area contributed by atoms with Crippen LogP contribution in [0.2, 0.25) is 5.28 Å². The smallest absolute Gasteiger partial charge is 0.208 e. The molecule has 0 amide bonds. The van der Waals surface area contributed by atoms with E-state index in [0.29, 0.717) is 22.8 Å². The maximum Gasteiger partial charge on any atom is 0.226 e. The van der Waals surface area contributed by atoms with Gasteiger partial charge in [-0.1, -0.05) is 84.8 Å². The molecule has 0 unspecified atom stereocenters. The molecule has 138 valence electrons. The minimum atomic E-state index is -0.431. The largest absolute Gasteiger partial charge is 0.226 e. The van der Waals surface area contributed by atoms with Gasteiger partial charge in [0.2, 0.25) is 5.28 Å². The molecule has 0 atom stereocenters. The van der Waals surface area contributed by atoms with Crippen molar-refractivity contribution in [3.05, 3.63) is 102 Å². The van der Waals surface area contributed by atoms with E-state index in [1.807, 2.05) is 42.5 Å². The fourth-order valence-corrected chi connectivity index (χ4v) is 3.30. The summed E-state index contributed by atoms with van der Waals surface area (Å²) < 4.78 is 40.2. The summed E-state index contributed by atoms with van der Waals surface area (Å²) in [6, 6.07) is 19.0. The topological polar surface area (TPSA) is 38.7 Å². The van der Waals surface area contributed by atoms with Crippen LogP contribution in [0.4, 0.5) is 0 Å². The molecule has 0 spiro atoms. The standard InChI is InChI=1S/C25H16ClN3/c26-25-28-23(21-12-6-11-20(15-21)17-7-2-1-3-8-17)27-24(29-25)22-14-13-18-9-4-5-10-19(18)16-22/h1-16H/i1D,2D,3D,7D,8D. The lowest BCUT2D eigenvalue weighted by Gasteiger charge is -2.08. The number of aromatic nitrogens is 3. The zero-order valence-electron chi connectivity index (χ0n) is 20.1. The van der Waals surface area contributed by atoms with Crippen LogP contribution >= 0.6 is 11.6 Å². The van der Waals surface area contributed by atoms with Crippen LogP contribution in [0.1, 0.15) is 6.85 Å². The van der Waals surface area contributed by atoms with Crippen molar-refractivity contribution in [2.24, 2.45) is 0 Å². The molecule has 0 aliphatic carbocycles. The van der Waals surface area contributed by atoms with E-state index in [2.05, 4.69) is 15.0 Å². The molecule has 0 saturated carbocycles. The molecular weight excluding hydrogens is 378 g/mol. The van der Waals surface area contributed by atoms with E-state index in [1.165, 1.54) is 0 Å². The molecule has 0 aliphatic heterocycles. The third-order valence-electron chi connectivity index (χ3n) is 4.53. The van der Waals surface area contributed by atoms with E-state index < -0.39 is 6.04 Å². The van der Waals surface area contributed by atoms with Crippen molar-refractivity contribution in [2.75, 3.05) is 0 Å². The summed E-state index contributed by atoms with van der Waals surface area (Å²) in [5.74, 6) is 0.728. The Morgan fingerprint density at radius 3 is 2.07 bits per heavy atom. The van der Waals surface area contributed by atoms with Gasteiger partial charge < -0.3 is 0 Å². The SMILES string of the molecule is [2H]c1c([2H])c([2H])c(-c2cccc(-c3nc(Cl)nc(-c4ccc5ccccc5c4)n3)c2)c([2H])c1[2H]. The van der Waals surface area contributed by atoms with Gasteiger partial charge in [-0.2, -0.15) is 9.97 Å². The molecule has 0 bridgehead atoms. The molecular formula is C25H16ClN3. The molecule has 4 aromatic carbocycles. The fourth-order valence-electron chi connectivity index (χ4n) is 3.14. The molecule has 1 aromatic heterocycles. The molecule has 0 radical (unpaired) electrons. The Balaban J connectivity index is 1.63. The van der Waals surface area contributed by atoms with Crippen molar-refractivity contribution < 1.29 is 6.85 Å². The van der Waals surface area contributed by atoms with Crippen LogP contribution in [0.15, 0.2) is 96.9 Å². The second kappa shape index (κ2) is 7.46. The third kappa shape index (κ3) is 3.60. The van der Waals surface area contributed by atoms with Crippen molar-refractivity contribution in [2.45, 2.75) is 0 Å². The minimum absolute atomic E-state index is 0.0290. The number of nitrogens with zero attached hydrogens (tertiary/aromatic N) is 3. The van der Waals surface area contributed by atoms with Crippen LogP contribution in [-0.4, -0.2) is 15.0 Å². The number of fused-ring (bicyclic) bond motifs is 1. The number of rotatable bonds is 3. The maximum absolute atomic E-state index is 8.26. The number of hydrogen-bond donors (Lipinski definition) is 0. The van der Waals surface area contributed by atoms with Gasteiger partial charge in [-0.3, -0.25) is 0 Å². The van der Waals surface area contributed by atoms with Gasteiger partial charge in [0.05, 0.1) is 6.85 Å². The molecule has 0 fully saturated rings. The third-order valence-corrected chi connectivity index (χ3v) is 4.69. The molecule has 3 nitrogen and oxygen atoms in total. The molecule has 0 aliphatic rings. The van der Waals surface area contributed by atoms with Gasteiger partial charge in [-0.05, 0) is 45.6 Å². The highest BCUT2D eigenvalue weighted by molar-refractivity contribution is 6.28. The Morgan fingerprint density at radius 2 is 1.28 bits per heavy atom. The van der Waals surface area contributed by atoms with Crippen molar-refractivity contribution in [3.63, 3.8) is 0 Å². The van der Waals surface area contributed by atoms with E-state index in [0.717, 1.165) is 16.3 Å². The molecule has 5 rings (SSSR count). The van der Waals surface area contributed by atoms with E-state index in [1.54, 1.807) is 24.3 Å². The Hall–Kier alpha value is -3.56. The highest BCUT2D eigenvalue weighted by atomic mass is 35.5. The fraction of sp³-hybridized carbons (Fsp3) is 0. The normalized spacial score (nSPS) is 13.3. The first-order chi connectivity index (χ1) is 16.3. The second-order valence-electron chi connectivity index (χ2n) is 6.39. The van der Waals surface area contributed by atoms with Gasteiger partial charge in [0.1, 0.15) is 0 Å². The summed E-state index contributed by atoms with van der Waals surface area (Å²) in [6.07, 6.45) is 0. The summed E-state index contributed by atoms with van der Waals surface area (Å²) >= 11 is 6.24. The van der Waals surface area contributed by atoms with Crippen LogP contribution in [0, 0.1) is 0 Å². The average molecular weight is 399 g/mol. The molecule has 4 heteroatoms. The first-order valence-corrected chi connectivity index (χ1v) is 9.30. The number of benzene rings is 4. The predicted molar refractivity (Wildman–Crippen MR) is 119 cm³/mol.